The van der Waals surface area contributed by atoms with Gasteiger partial charge in [-0.25, -0.2) is 4.98 Å². The van der Waals surface area contributed by atoms with Gasteiger partial charge in [0.15, 0.2) is 0 Å². The smallest absolute Gasteiger partial charge is 0.314 e. The van der Waals surface area contributed by atoms with Crippen LogP contribution in [0.1, 0.15) is 48.2 Å². The lowest BCUT2D eigenvalue weighted by Gasteiger charge is -2.18. The second-order valence-electron chi connectivity index (χ2n) is 8.77. The molecular formula is C28H30N6O3. The van der Waals surface area contributed by atoms with Gasteiger partial charge in [-0.2, -0.15) is 9.78 Å². The van der Waals surface area contributed by atoms with Gasteiger partial charge in [-0.1, -0.05) is 74.0 Å². The van der Waals surface area contributed by atoms with Crippen molar-refractivity contribution in [2.45, 2.75) is 39.0 Å². The maximum absolute atomic E-state index is 12.7. The highest BCUT2D eigenvalue weighted by atomic mass is 16.2. The average Bonchev–Trinajstić information content (AvgIpc) is 3.27. The van der Waals surface area contributed by atoms with Gasteiger partial charge in [-0.15, -0.1) is 0 Å². The van der Waals surface area contributed by atoms with Gasteiger partial charge >= 0.3 is 11.8 Å². The zero-order chi connectivity index (χ0) is 26.2. The van der Waals surface area contributed by atoms with Crippen molar-refractivity contribution in [3.05, 3.63) is 106 Å². The Morgan fingerprint density at radius 2 is 1.62 bits per heavy atom. The van der Waals surface area contributed by atoms with E-state index in [0.717, 1.165) is 17.5 Å². The maximum atomic E-state index is 12.7. The molecule has 4 rings (SSSR count). The van der Waals surface area contributed by atoms with E-state index >= 15 is 0 Å². The Morgan fingerprint density at radius 1 is 0.973 bits per heavy atom. The monoisotopic (exact) mass is 498 g/mol. The number of rotatable bonds is 9. The normalized spacial score (nSPS) is 10.9. The summed E-state index contributed by atoms with van der Waals surface area (Å²) in [7, 11) is 0. The summed E-state index contributed by atoms with van der Waals surface area (Å²) in [6.45, 7) is 4.05. The zero-order valence-electron chi connectivity index (χ0n) is 20.9. The predicted octanol–water partition coefficient (Wildman–Crippen LogP) is 3.49. The van der Waals surface area contributed by atoms with Crippen molar-refractivity contribution in [1.82, 2.24) is 25.1 Å². The van der Waals surface area contributed by atoms with E-state index < -0.39 is 11.8 Å². The third-order valence-corrected chi connectivity index (χ3v) is 5.89. The van der Waals surface area contributed by atoms with E-state index in [1.165, 1.54) is 10.7 Å². The Morgan fingerprint density at radius 3 is 2.24 bits per heavy atom. The van der Waals surface area contributed by atoms with Gasteiger partial charge in [0.25, 0.3) is 5.56 Å². The summed E-state index contributed by atoms with van der Waals surface area (Å²) in [5, 5.41) is 9.63. The number of anilines is 1. The molecule has 190 valence electrons. The Labute approximate surface area is 215 Å². The molecule has 2 heterocycles. The van der Waals surface area contributed by atoms with E-state index in [4.69, 9.17) is 0 Å². The molecule has 0 saturated heterocycles. The van der Waals surface area contributed by atoms with Crippen LogP contribution in [0.25, 0.3) is 5.95 Å². The van der Waals surface area contributed by atoms with E-state index in [1.807, 2.05) is 43.3 Å². The SMILES string of the molecule is CCCc1cc(=O)[nH]c(-n2nc(C)cc2NC(=O)C(=O)NCCC(c2ccccc2)c2ccccc2)n1. The van der Waals surface area contributed by atoms with Crippen molar-refractivity contribution >= 4 is 17.6 Å². The Kier molecular flexibility index (Phi) is 8.25. The topological polar surface area (TPSA) is 122 Å². The summed E-state index contributed by atoms with van der Waals surface area (Å²) in [5.41, 5.74) is 3.17. The minimum absolute atomic E-state index is 0.0770. The van der Waals surface area contributed by atoms with Gasteiger partial charge in [0.1, 0.15) is 5.82 Å². The number of H-pyrrole nitrogens is 1. The highest BCUT2D eigenvalue weighted by Crippen LogP contribution is 2.27. The first kappa shape index (κ1) is 25.6. The first-order valence-corrected chi connectivity index (χ1v) is 12.3. The number of nitrogens with zero attached hydrogens (tertiary/aromatic N) is 3. The third-order valence-electron chi connectivity index (χ3n) is 5.89. The lowest BCUT2D eigenvalue weighted by Crippen LogP contribution is -2.37. The number of carbonyl (C=O) groups excluding carboxylic acids is 2. The lowest BCUT2D eigenvalue weighted by atomic mass is 9.88. The number of hydrogen-bond acceptors (Lipinski definition) is 5. The molecule has 0 atom stereocenters. The molecule has 0 bridgehead atoms. The lowest BCUT2D eigenvalue weighted by molar-refractivity contribution is -0.136. The molecule has 37 heavy (non-hydrogen) atoms. The molecule has 2 aromatic carbocycles. The van der Waals surface area contributed by atoms with E-state index in [-0.39, 0.29) is 23.2 Å². The third kappa shape index (κ3) is 6.58. The molecule has 4 aromatic rings. The number of amides is 2. The van der Waals surface area contributed by atoms with E-state index in [2.05, 4.69) is 50.0 Å². The Hall–Kier alpha value is -4.53. The largest absolute Gasteiger partial charge is 0.348 e. The van der Waals surface area contributed by atoms with Crippen molar-refractivity contribution in [3.8, 4) is 5.95 Å². The van der Waals surface area contributed by atoms with E-state index in [0.29, 0.717) is 30.8 Å². The second-order valence-corrected chi connectivity index (χ2v) is 8.77. The maximum Gasteiger partial charge on any atom is 0.314 e. The zero-order valence-corrected chi connectivity index (χ0v) is 20.9. The van der Waals surface area contributed by atoms with Crippen molar-refractivity contribution in [3.63, 3.8) is 0 Å². The molecule has 9 heteroatoms. The molecule has 0 spiro atoms. The van der Waals surface area contributed by atoms with Crippen LogP contribution in [0.3, 0.4) is 0 Å². The van der Waals surface area contributed by atoms with Crippen molar-refractivity contribution in [2.75, 3.05) is 11.9 Å². The van der Waals surface area contributed by atoms with Crippen LogP contribution in [0.5, 0.6) is 0 Å². The Bertz CT molecular complexity index is 1370. The number of aryl methyl sites for hydroxylation is 2. The average molecular weight is 499 g/mol. The predicted molar refractivity (Wildman–Crippen MR) is 142 cm³/mol. The van der Waals surface area contributed by atoms with Crippen molar-refractivity contribution in [2.24, 2.45) is 0 Å². The highest BCUT2D eigenvalue weighted by Gasteiger charge is 2.20. The number of carbonyl (C=O) groups is 2. The van der Waals surface area contributed by atoms with Gasteiger partial charge in [-0.3, -0.25) is 19.4 Å². The number of hydrogen-bond donors (Lipinski definition) is 3. The molecule has 0 saturated carbocycles. The summed E-state index contributed by atoms with van der Waals surface area (Å²) in [6.07, 6.45) is 2.08. The van der Waals surface area contributed by atoms with Gasteiger partial charge in [-0.05, 0) is 30.9 Å². The fourth-order valence-electron chi connectivity index (χ4n) is 4.21. The van der Waals surface area contributed by atoms with Gasteiger partial charge in [0.05, 0.1) is 5.69 Å². The fourth-order valence-corrected chi connectivity index (χ4v) is 4.21. The van der Waals surface area contributed by atoms with E-state index in [9.17, 15) is 14.4 Å². The standard InChI is InChI=1S/C28H30N6O3/c1-3-10-22-18-25(35)32-28(30-22)34-24(17-19(2)33-34)31-27(37)26(36)29-16-15-23(20-11-6-4-7-12-20)21-13-8-5-9-14-21/h4-9,11-14,17-18,23H,3,10,15-16H2,1-2H3,(H,29,36)(H,31,37)(H,30,32,35). The molecular weight excluding hydrogens is 468 g/mol. The molecule has 2 amide bonds. The highest BCUT2D eigenvalue weighted by molar-refractivity contribution is 6.39. The molecule has 3 N–H and O–H groups in total. The fraction of sp³-hybridized carbons (Fsp3) is 0.250. The van der Waals surface area contributed by atoms with Gasteiger partial charge in [0.2, 0.25) is 5.95 Å². The summed E-state index contributed by atoms with van der Waals surface area (Å²) in [6, 6.07) is 23.2. The quantitative estimate of drug-likeness (QED) is 0.305. The summed E-state index contributed by atoms with van der Waals surface area (Å²) < 4.78 is 1.32. The first-order valence-electron chi connectivity index (χ1n) is 12.3. The minimum atomic E-state index is -0.829. The van der Waals surface area contributed by atoms with Crippen LogP contribution in [0.2, 0.25) is 0 Å². The van der Waals surface area contributed by atoms with Crippen LogP contribution < -0.4 is 16.2 Å². The minimum Gasteiger partial charge on any atom is -0.348 e. The summed E-state index contributed by atoms with van der Waals surface area (Å²) in [4.78, 5) is 44.5. The van der Waals surface area contributed by atoms with Crippen LogP contribution in [-0.4, -0.2) is 38.1 Å². The molecule has 0 aliphatic heterocycles. The number of aromatic amines is 1. The molecule has 0 radical (unpaired) electrons. The molecule has 0 aliphatic rings. The van der Waals surface area contributed by atoms with Crippen molar-refractivity contribution < 1.29 is 9.59 Å². The first-order chi connectivity index (χ1) is 17.9. The number of aromatic nitrogens is 4. The summed E-state index contributed by atoms with van der Waals surface area (Å²) in [5.74, 6) is -1.10. The van der Waals surface area contributed by atoms with Crippen molar-refractivity contribution in [1.29, 1.82) is 0 Å². The van der Waals surface area contributed by atoms with Crippen LogP contribution in [-0.2, 0) is 16.0 Å². The summed E-state index contributed by atoms with van der Waals surface area (Å²) >= 11 is 0. The van der Waals surface area contributed by atoms with E-state index in [1.54, 1.807) is 13.0 Å². The number of nitrogens with one attached hydrogen (secondary N) is 3. The molecule has 9 nitrogen and oxygen atoms in total. The van der Waals surface area contributed by atoms with Crippen LogP contribution in [0.4, 0.5) is 5.82 Å². The van der Waals surface area contributed by atoms with Gasteiger partial charge in [0, 0.05) is 30.3 Å². The van der Waals surface area contributed by atoms with Crippen LogP contribution in [0.15, 0.2) is 77.6 Å². The Balaban J connectivity index is 1.43. The van der Waals surface area contributed by atoms with Crippen LogP contribution in [0, 0.1) is 6.92 Å². The molecule has 2 aromatic heterocycles. The van der Waals surface area contributed by atoms with Gasteiger partial charge < -0.3 is 10.6 Å². The second kappa shape index (κ2) is 11.9. The molecule has 0 aliphatic carbocycles. The molecule has 0 fully saturated rings. The number of benzene rings is 2. The van der Waals surface area contributed by atoms with Crippen LogP contribution >= 0.6 is 0 Å². The molecule has 0 unspecified atom stereocenters.